The van der Waals surface area contributed by atoms with E-state index in [-0.39, 0.29) is 0 Å². The van der Waals surface area contributed by atoms with Gasteiger partial charge < -0.3 is 4.57 Å². The standard InChI is InChI=1S/C49H41N7/c1-3-17-46-51-47-35(2)32-38(44-26-15-16-31-50-44)33-45(47)55(46)34-36-27-29-37(30-28-36)42-24-13-14-25-43(42)48-52-54-56(53-48)49(39-18-7-4-8-19-39,40-20-9-5-10-21-40)41-22-11-6-12-23-41/h4-16,18-33H,3,17,34H2,1-2H3. The van der Waals surface area contributed by atoms with Gasteiger partial charge in [-0.2, -0.15) is 0 Å². The molecule has 56 heavy (non-hydrogen) atoms. The average Bonchev–Trinajstić information content (AvgIpc) is 3.89. The summed E-state index contributed by atoms with van der Waals surface area (Å²) in [6, 6.07) is 58.9. The topological polar surface area (TPSA) is 74.3 Å². The SMILES string of the molecule is CCCc1nc2c(C)cc(-c3ccccn3)cc2n1Cc1ccc(-c2ccccc2-c2nnn(C(c3ccccc3)(c3ccccc3)c3ccccc3)n2)cc1. The Morgan fingerprint density at radius 2 is 1.21 bits per heavy atom. The van der Waals surface area contributed by atoms with Gasteiger partial charge in [0.2, 0.25) is 5.82 Å². The first kappa shape index (κ1) is 34.8. The maximum absolute atomic E-state index is 5.21. The molecule has 6 aromatic carbocycles. The molecule has 0 fully saturated rings. The van der Waals surface area contributed by atoms with Crippen LogP contribution in [0.15, 0.2) is 176 Å². The van der Waals surface area contributed by atoms with Crippen molar-refractivity contribution in [3.8, 4) is 33.8 Å². The van der Waals surface area contributed by atoms with Crippen LogP contribution in [0.3, 0.4) is 0 Å². The minimum atomic E-state index is -0.851. The third-order valence-corrected chi connectivity index (χ3v) is 10.6. The van der Waals surface area contributed by atoms with E-state index in [4.69, 9.17) is 20.4 Å². The number of imidazole rings is 1. The van der Waals surface area contributed by atoms with Crippen LogP contribution in [-0.4, -0.2) is 34.7 Å². The van der Waals surface area contributed by atoms with Crippen molar-refractivity contribution in [1.29, 1.82) is 0 Å². The number of tetrazole rings is 1. The van der Waals surface area contributed by atoms with E-state index in [1.165, 1.54) is 5.56 Å². The number of nitrogens with zero attached hydrogens (tertiary/aromatic N) is 7. The molecule has 272 valence electrons. The summed E-state index contributed by atoms with van der Waals surface area (Å²) in [7, 11) is 0. The van der Waals surface area contributed by atoms with Gasteiger partial charge in [0.15, 0.2) is 5.54 Å². The minimum absolute atomic E-state index is 0.560. The first-order chi connectivity index (χ1) is 27.6. The van der Waals surface area contributed by atoms with E-state index < -0.39 is 5.54 Å². The summed E-state index contributed by atoms with van der Waals surface area (Å²) in [6.45, 7) is 5.07. The first-order valence-corrected chi connectivity index (χ1v) is 19.2. The Hall–Kier alpha value is -6.99. The van der Waals surface area contributed by atoms with Crippen LogP contribution in [0.5, 0.6) is 0 Å². The lowest BCUT2D eigenvalue weighted by molar-refractivity contribution is 0.396. The van der Waals surface area contributed by atoms with Crippen molar-refractivity contribution in [2.24, 2.45) is 0 Å². The lowest BCUT2D eigenvalue weighted by Crippen LogP contribution is -2.39. The van der Waals surface area contributed by atoms with Crippen molar-refractivity contribution in [2.45, 2.75) is 38.8 Å². The van der Waals surface area contributed by atoms with E-state index in [9.17, 15) is 0 Å². The molecule has 3 heterocycles. The molecule has 0 saturated heterocycles. The lowest BCUT2D eigenvalue weighted by atomic mass is 9.77. The molecule has 0 bridgehead atoms. The number of benzene rings is 6. The van der Waals surface area contributed by atoms with Crippen LogP contribution >= 0.6 is 0 Å². The summed E-state index contributed by atoms with van der Waals surface area (Å²) in [4.78, 5) is 11.6. The van der Waals surface area contributed by atoms with Gasteiger partial charge in [0.25, 0.3) is 0 Å². The van der Waals surface area contributed by atoms with Crippen molar-refractivity contribution in [3.63, 3.8) is 0 Å². The summed E-state index contributed by atoms with van der Waals surface area (Å²) in [6.07, 6.45) is 3.78. The number of pyridine rings is 1. The molecule has 0 atom stereocenters. The summed E-state index contributed by atoms with van der Waals surface area (Å²) in [5.74, 6) is 1.66. The Morgan fingerprint density at radius 3 is 1.82 bits per heavy atom. The van der Waals surface area contributed by atoms with Gasteiger partial charge in [-0.05, 0) is 81.8 Å². The lowest BCUT2D eigenvalue weighted by Gasteiger charge is -2.34. The maximum Gasteiger partial charge on any atom is 0.205 e. The van der Waals surface area contributed by atoms with E-state index in [1.54, 1.807) is 4.80 Å². The second kappa shape index (κ2) is 15.0. The minimum Gasteiger partial charge on any atom is -0.323 e. The van der Waals surface area contributed by atoms with Crippen LogP contribution in [0, 0.1) is 6.92 Å². The third-order valence-electron chi connectivity index (χ3n) is 10.6. The molecule has 0 N–H and O–H groups in total. The van der Waals surface area contributed by atoms with Crippen LogP contribution in [-0.2, 0) is 18.5 Å². The molecular weight excluding hydrogens is 687 g/mol. The van der Waals surface area contributed by atoms with Crippen LogP contribution in [0.2, 0.25) is 0 Å². The van der Waals surface area contributed by atoms with Gasteiger partial charge >= 0.3 is 0 Å². The van der Waals surface area contributed by atoms with E-state index in [2.05, 4.69) is 157 Å². The predicted molar refractivity (Wildman–Crippen MR) is 224 cm³/mol. The van der Waals surface area contributed by atoms with Gasteiger partial charge in [0.1, 0.15) is 5.82 Å². The number of fused-ring (bicyclic) bond motifs is 1. The molecular formula is C49H41N7. The molecule has 0 radical (unpaired) electrons. The third kappa shape index (κ3) is 6.27. The molecule has 0 unspecified atom stereocenters. The van der Waals surface area contributed by atoms with Crippen molar-refractivity contribution < 1.29 is 0 Å². The van der Waals surface area contributed by atoms with Gasteiger partial charge in [0, 0.05) is 30.3 Å². The van der Waals surface area contributed by atoms with E-state index in [0.29, 0.717) is 5.82 Å². The zero-order valence-electron chi connectivity index (χ0n) is 31.5. The maximum atomic E-state index is 5.21. The average molecular weight is 728 g/mol. The monoisotopic (exact) mass is 727 g/mol. The fraction of sp³-hybridized carbons (Fsp3) is 0.122. The highest BCUT2D eigenvalue weighted by Gasteiger charge is 2.41. The van der Waals surface area contributed by atoms with Crippen LogP contribution < -0.4 is 0 Å². The number of hydrogen-bond acceptors (Lipinski definition) is 5. The number of aromatic nitrogens is 7. The highest BCUT2D eigenvalue weighted by molar-refractivity contribution is 5.85. The van der Waals surface area contributed by atoms with E-state index >= 15 is 0 Å². The van der Waals surface area contributed by atoms with Crippen LogP contribution in [0.1, 0.15) is 47.0 Å². The van der Waals surface area contributed by atoms with Gasteiger partial charge in [-0.3, -0.25) is 4.98 Å². The van der Waals surface area contributed by atoms with Crippen LogP contribution in [0.4, 0.5) is 0 Å². The zero-order chi connectivity index (χ0) is 37.9. The van der Waals surface area contributed by atoms with Crippen LogP contribution in [0.25, 0.3) is 44.8 Å². The van der Waals surface area contributed by atoms with Crippen molar-refractivity contribution >= 4 is 11.0 Å². The quantitative estimate of drug-likeness (QED) is 0.124. The normalized spacial score (nSPS) is 11.6. The van der Waals surface area contributed by atoms with Crippen molar-refractivity contribution in [2.75, 3.05) is 0 Å². The fourth-order valence-corrected chi connectivity index (χ4v) is 7.96. The first-order valence-electron chi connectivity index (χ1n) is 19.2. The van der Waals surface area contributed by atoms with Gasteiger partial charge in [-0.1, -0.05) is 153 Å². The Morgan fingerprint density at radius 1 is 0.607 bits per heavy atom. The molecule has 7 heteroatoms. The van der Waals surface area contributed by atoms with Crippen molar-refractivity contribution in [1.82, 2.24) is 34.7 Å². The second-order valence-electron chi connectivity index (χ2n) is 14.2. The Balaban J connectivity index is 1.09. The molecule has 9 rings (SSSR count). The Bertz CT molecular complexity index is 2620. The molecule has 0 aliphatic heterocycles. The smallest absolute Gasteiger partial charge is 0.205 e. The van der Waals surface area contributed by atoms with Gasteiger partial charge in [0.05, 0.1) is 16.7 Å². The zero-order valence-corrected chi connectivity index (χ0v) is 31.5. The largest absolute Gasteiger partial charge is 0.323 e. The highest BCUT2D eigenvalue weighted by Crippen LogP contribution is 2.40. The second-order valence-corrected chi connectivity index (χ2v) is 14.2. The van der Waals surface area contributed by atoms with E-state index in [0.717, 1.165) is 86.4 Å². The molecule has 7 nitrogen and oxygen atoms in total. The molecule has 0 spiro atoms. The van der Waals surface area contributed by atoms with Gasteiger partial charge in [-0.25, -0.2) is 4.98 Å². The van der Waals surface area contributed by atoms with Crippen molar-refractivity contribution in [3.05, 3.63) is 210 Å². The Kier molecular flexibility index (Phi) is 9.33. The molecule has 0 saturated carbocycles. The molecule has 0 amide bonds. The molecule has 0 aliphatic rings. The molecule has 9 aromatic rings. The highest BCUT2D eigenvalue weighted by atomic mass is 15.6. The Labute approximate surface area is 327 Å². The number of hydrogen-bond donors (Lipinski definition) is 0. The summed E-state index contributed by atoms with van der Waals surface area (Å²) in [5.41, 5.74) is 11.9. The molecule has 0 aliphatic carbocycles. The van der Waals surface area contributed by atoms with Gasteiger partial charge in [-0.15, -0.1) is 15.0 Å². The summed E-state index contributed by atoms with van der Waals surface area (Å²) < 4.78 is 2.38. The predicted octanol–water partition coefficient (Wildman–Crippen LogP) is 10.6. The number of aryl methyl sites for hydroxylation is 2. The summed E-state index contributed by atoms with van der Waals surface area (Å²) >= 11 is 0. The van der Waals surface area contributed by atoms with E-state index in [1.807, 2.05) is 42.6 Å². The summed E-state index contributed by atoms with van der Waals surface area (Å²) in [5, 5.41) is 14.8. The molecule has 3 aromatic heterocycles. The fourth-order valence-electron chi connectivity index (χ4n) is 7.96. The number of rotatable bonds is 11.